The number of aryl methyl sites for hydroxylation is 1. The van der Waals surface area contributed by atoms with Crippen molar-refractivity contribution in [2.45, 2.75) is 0 Å². The maximum absolute atomic E-state index is 12.2. The minimum atomic E-state index is -0.496. The maximum Gasteiger partial charge on any atom is 0.332 e. The third-order valence-corrected chi connectivity index (χ3v) is 3.93. The summed E-state index contributed by atoms with van der Waals surface area (Å²) >= 11 is 0. The SMILES string of the molecule is Cn1c(=O)c2ccc(C(=O)NCCOc3ccccc3)nc2n(C)c1=O. The predicted octanol–water partition coefficient (Wildman–Crippen LogP) is 0.441. The Hall–Kier alpha value is -3.42. The minimum Gasteiger partial charge on any atom is -0.492 e. The second kappa shape index (κ2) is 7.22. The lowest BCUT2D eigenvalue weighted by molar-refractivity contribution is 0.0942. The Morgan fingerprint density at radius 1 is 1.08 bits per heavy atom. The van der Waals surface area contributed by atoms with Crippen LogP contribution in [-0.2, 0) is 14.1 Å². The Balaban J connectivity index is 1.73. The molecule has 0 saturated heterocycles. The normalized spacial score (nSPS) is 10.7. The third-order valence-electron chi connectivity index (χ3n) is 3.93. The third kappa shape index (κ3) is 3.34. The molecule has 0 radical (unpaired) electrons. The number of amides is 1. The summed E-state index contributed by atoms with van der Waals surface area (Å²) in [6.07, 6.45) is 0. The topological polar surface area (TPSA) is 95.2 Å². The van der Waals surface area contributed by atoms with Gasteiger partial charge in [-0.3, -0.25) is 18.7 Å². The molecule has 3 aromatic rings. The Labute approximate surface area is 148 Å². The number of nitrogens with one attached hydrogen (secondary N) is 1. The summed E-state index contributed by atoms with van der Waals surface area (Å²) in [4.78, 5) is 40.5. The van der Waals surface area contributed by atoms with Crippen LogP contribution in [0.1, 0.15) is 10.5 Å². The zero-order valence-electron chi connectivity index (χ0n) is 14.4. The number of para-hydroxylation sites is 1. The zero-order chi connectivity index (χ0) is 18.7. The first kappa shape index (κ1) is 17.4. The highest BCUT2D eigenvalue weighted by Gasteiger charge is 2.13. The zero-order valence-corrected chi connectivity index (χ0v) is 14.4. The summed E-state index contributed by atoms with van der Waals surface area (Å²) < 4.78 is 7.75. The lowest BCUT2D eigenvalue weighted by Gasteiger charge is -2.09. The first-order valence-corrected chi connectivity index (χ1v) is 8.02. The fourth-order valence-corrected chi connectivity index (χ4v) is 2.52. The average molecular weight is 354 g/mol. The lowest BCUT2D eigenvalue weighted by atomic mass is 10.2. The summed E-state index contributed by atoms with van der Waals surface area (Å²) in [5.74, 6) is 0.313. The van der Waals surface area contributed by atoms with E-state index in [1.54, 1.807) is 0 Å². The number of ether oxygens (including phenoxy) is 1. The van der Waals surface area contributed by atoms with E-state index in [4.69, 9.17) is 4.74 Å². The molecule has 0 aliphatic rings. The monoisotopic (exact) mass is 354 g/mol. The summed E-state index contributed by atoms with van der Waals surface area (Å²) in [5.41, 5.74) is -0.644. The van der Waals surface area contributed by atoms with Gasteiger partial charge in [-0.05, 0) is 24.3 Å². The van der Waals surface area contributed by atoms with Gasteiger partial charge in [-0.1, -0.05) is 18.2 Å². The number of benzene rings is 1. The van der Waals surface area contributed by atoms with Crippen molar-refractivity contribution >= 4 is 16.9 Å². The van der Waals surface area contributed by atoms with Crippen LogP contribution < -0.4 is 21.3 Å². The van der Waals surface area contributed by atoms with E-state index in [2.05, 4.69) is 10.3 Å². The van der Waals surface area contributed by atoms with Crippen LogP contribution in [0.2, 0.25) is 0 Å². The second-order valence-corrected chi connectivity index (χ2v) is 5.69. The molecule has 8 nitrogen and oxygen atoms in total. The molecule has 2 aromatic heterocycles. The molecule has 0 saturated carbocycles. The number of carbonyl (C=O) groups excluding carboxylic acids is 1. The number of rotatable bonds is 5. The van der Waals surface area contributed by atoms with Crippen LogP contribution in [0.3, 0.4) is 0 Å². The van der Waals surface area contributed by atoms with Gasteiger partial charge in [-0.15, -0.1) is 0 Å². The quantitative estimate of drug-likeness (QED) is 0.671. The van der Waals surface area contributed by atoms with Gasteiger partial charge in [-0.25, -0.2) is 9.78 Å². The summed E-state index contributed by atoms with van der Waals surface area (Å²) in [7, 11) is 2.91. The highest BCUT2D eigenvalue weighted by atomic mass is 16.5. The molecule has 1 N–H and O–H groups in total. The van der Waals surface area contributed by atoms with Gasteiger partial charge in [0.1, 0.15) is 23.7 Å². The molecule has 8 heteroatoms. The molecule has 3 rings (SSSR count). The van der Waals surface area contributed by atoms with E-state index in [0.717, 1.165) is 10.3 Å². The van der Waals surface area contributed by atoms with Gasteiger partial charge in [0.25, 0.3) is 11.5 Å². The Morgan fingerprint density at radius 3 is 2.54 bits per heavy atom. The van der Waals surface area contributed by atoms with Crippen LogP contribution in [-0.4, -0.2) is 33.2 Å². The summed E-state index contributed by atoms with van der Waals surface area (Å²) in [5, 5.41) is 2.97. The molecule has 1 amide bonds. The molecule has 2 heterocycles. The van der Waals surface area contributed by atoms with Crippen molar-refractivity contribution in [1.82, 2.24) is 19.4 Å². The second-order valence-electron chi connectivity index (χ2n) is 5.69. The van der Waals surface area contributed by atoms with E-state index in [1.165, 1.54) is 30.8 Å². The molecular weight excluding hydrogens is 336 g/mol. The van der Waals surface area contributed by atoms with Crippen molar-refractivity contribution in [3.05, 3.63) is 69.0 Å². The molecule has 0 aliphatic carbocycles. The van der Waals surface area contributed by atoms with Crippen LogP contribution in [0.5, 0.6) is 5.75 Å². The minimum absolute atomic E-state index is 0.125. The molecule has 1 aromatic carbocycles. The van der Waals surface area contributed by atoms with E-state index in [-0.39, 0.29) is 16.7 Å². The van der Waals surface area contributed by atoms with Gasteiger partial charge < -0.3 is 10.1 Å². The molecule has 0 unspecified atom stereocenters. The number of aromatic nitrogens is 3. The molecule has 0 bridgehead atoms. The predicted molar refractivity (Wildman–Crippen MR) is 96.5 cm³/mol. The van der Waals surface area contributed by atoms with Crippen molar-refractivity contribution in [2.24, 2.45) is 14.1 Å². The van der Waals surface area contributed by atoms with E-state index < -0.39 is 17.2 Å². The van der Waals surface area contributed by atoms with E-state index in [1.807, 2.05) is 30.3 Å². The standard InChI is InChI=1S/C18H18N4O4/c1-21-15-13(17(24)22(2)18(21)25)8-9-14(20-15)16(23)19-10-11-26-12-6-4-3-5-7-12/h3-9H,10-11H2,1-2H3,(H,19,23). The number of fused-ring (bicyclic) bond motifs is 1. The number of nitrogens with zero attached hydrogens (tertiary/aromatic N) is 3. The number of hydrogen-bond donors (Lipinski definition) is 1. The van der Waals surface area contributed by atoms with Crippen molar-refractivity contribution in [3.8, 4) is 5.75 Å². The van der Waals surface area contributed by atoms with Gasteiger partial charge in [-0.2, -0.15) is 0 Å². The molecule has 0 aliphatic heterocycles. The van der Waals surface area contributed by atoms with Crippen LogP contribution in [0.15, 0.2) is 52.1 Å². The van der Waals surface area contributed by atoms with Gasteiger partial charge in [0.2, 0.25) is 0 Å². The highest BCUT2D eigenvalue weighted by molar-refractivity contribution is 5.94. The highest BCUT2D eigenvalue weighted by Crippen LogP contribution is 2.08. The van der Waals surface area contributed by atoms with Crippen LogP contribution >= 0.6 is 0 Å². The van der Waals surface area contributed by atoms with Gasteiger partial charge in [0.15, 0.2) is 0 Å². The molecule has 26 heavy (non-hydrogen) atoms. The first-order chi connectivity index (χ1) is 12.5. The summed E-state index contributed by atoms with van der Waals surface area (Å²) in [6, 6.07) is 12.2. The lowest BCUT2D eigenvalue weighted by Crippen LogP contribution is -2.37. The van der Waals surface area contributed by atoms with Gasteiger partial charge in [0.05, 0.1) is 11.9 Å². The largest absolute Gasteiger partial charge is 0.492 e. The van der Waals surface area contributed by atoms with Crippen molar-refractivity contribution in [2.75, 3.05) is 13.2 Å². The fraction of sp³-hybridized carbons (Fsp3) is 0.222. The Bertz CT molecular complexity index is 1070. The first-order valence-electron chi connectivity index (χ1n) is 8.02. The molecule has 0 atom stereocenters. The molecular formula is C18H18N4O4. The van der Waals surface area contributed by atoms with Crippen molar-refractivity contribution < 1.29 is 9.53 Å². The molecule has 134 valence electrons. The molecule has 0 fully saturated rings. The Morgan fingerprint density at radius 2 is 1.81 bits per heavy atom. The number of hydrogen-bond acceptors (Lipinski definition) is 5. The van der Waals surface area contributed by atoms with Crippen molar-refractivity contribution in [3.63, 3.8) is 0 Å². The number of pyridine rings is 1. The Kier molecular flexibility index (Phi) is 4.83. The smallest absolute Gasteiger partial charge is 0.332 e. The van der Waals surface area contributed by atoms with E-state index in [0.29, 0.717) is 13.2 Å². The fourth-order valence-electron chi connectivity index (χ4n) is 2.52. The van der Waals surface area contributed by atoms with Gasteiger partial charge >= 0.3 is 5.69 Å². The van der Waals surface area contributed by atoms with E-state index in [9.17, 15) is 14.4 Å². The van der Waals surface area contributed by atoms with Crippen LogP contribution in [0, 0.1) is 0 Å². The maximum atomic E-state index is 12.2. The van der Waals surface area contributed by atoms with Gasteiger partial charge in [0, 0.05) is 14.1 Å². The summed E-state index contributed by atoms with van der Waals surface area (Å²) in [6.45, 7) is 0.602. The van der Waals surface area contributed by atoms with Crippen molar-refractivity contribution in [1.29, 1.82) is 0 Å². The average Bonchev–Trinajstić information content (AvgIpc) is 2.68. The van der Waals surface area contributed by atoms with E-state index >= 15 is 0 Å². The van der Waals surface area contributed by atoms with Crippen LogP contribution in [0.25, 0.3) is 11.0 Å². The van der Waals surface area contributed by atoms with Crippen LogP contribution in [0.4, 0.5) is 0 Å². The number of carbonyl (C=O) groups is 1. The molecule has 0 spiro atoms.